The SMILES string of the molecule is COc1ccc(CCC(=O)Nc2nc(-c3ccc(C(C)(C)C)cc3)cs2)cc1. The topological polar surface area (TPSA) is 51.2 Å². The van der Waals surface area contributed by atoms with E-state index in [1.807, 2.05) is 29.6 Å². The summed E-state index contributed by atoms with van der Waals surface area (Å²) in [5.41, 5.74) is 4.47. The maximum Gasteiger partial charge on any atom is 0.226 e. The molecular weight excluding hydrogens is 368 g/mol. The Balaban J connectivity index is 1.57. The minimum Gasteiger partial charge on any atom is -0.497 e. The minimum absolute atomic E-state index is 0.0280. The predicted molar refractivity (Wildman–Crippen MR) is 116 cm³/mol. The number of methoxy groups -OCH3 is 1. The molecule has 2 aromatic carbocycles. The molecule has 0 aliphatic carbocycles. The van der Waals surface area contributed by atoms with Gasteiger partial charge in [0, 0.05) is 17.4 Å². The van der Waals surface area contributed by atoms with Gasteiger partial charge in [-0.15, -0.1) is 11.3 Å². The molecule has 0 saturated heterocycles. The maximum absolute atomic E-state index is 12.2. The first-order valence-electron chi connectivity index (χ1n) is 9.34. The molecule has 0 aliphatic rings. The standard InChI is InChI=1S/C23H26N2O2S/c1-23(2,3)18-10-8-17(9-11-18)20-15-28-22(24-20)25-21(26)14-7-16-5-12-19(27-4)13-6-16/h5-6,8-13,15H,7,14H2,1-4H3,(H,24,25,26). The zero-order valence-corrected chi connectivity index (χ0v) is 17.6. The number of carbonyl (C=O) groups excluding carboxylic acids is 1. The number of benzene rings is 2. The summed E-state index contributed by atoms with van der Waals surface area (Å²) in [5, 5.41) is 5.52. The van der Waals surface area contributed by atoms with Gasteiger partial charge in [0.05, 0.1) is 12.8 Å². The van der Waals surface area contributed by atoms with Crippen molar-refractivity contribution >= 4 is 22.4 Å². The number of nitrogens with one attached hydrogen (secondary N) is 1. The maximum atomic E-state index is 12.2. The Morgan fingerprint density at radius 2 is 1.75 bits per heavy atom. The van der Waals surface area contributed by atoms with Crippen molar-refractivity contribution in [1.29, 1.82) is 0 Å². The number of nitrogens with zero attached hydrogens (tertiary/aromatic N) is 1. The van der Waals surface area contributed by atoms with Crippen LogP contribution in [0.2, 0.25) is 0 Å². The van der Waals surface area contributed by atoms with Crippen LogP contribution >= 0.6 is 11.3 Å². The first-order chi connectivity index (χ1) is 13.3. The molecule has 5 heteroatoms. The van der Waals surface area contributed by atoms with Crippen LogP contribution in [0.4, 0.5) is 5.13 Å². The van der Waals surface area contributed by atoms with Crippen molar-refractivity contribution in [2.75, 3.05) is 12.4 Å². The minimum atomic E-state index is -0.0280. The molecule has 0 fully saturated rings. The van der Waals surface area contributed by atoms with E-state index in [9.17, 15) is 4.79 Å². The molecule has 146 valence electrons. The van der Waals surface area contributed by atoms with Gasteiger partial charge in [-0.25, -0.2) is 4.98 Å². The van der Waals surface area contributed by atoms with Crippen molar-refractivity contribution in [2.45, 2.75) is 39.0 Å². The van der Waals surface area contributed by atoms with E-state index in [1.165, 1.54) is 16.9 Å². The van der Waals surface area contributed by atoms with Crippen LogP contribution in [-0.4, -0.2) is 18.0 Å². The van der Waals surface area contributed by atoms with Crippen molar-refractivity contribution in [2.24, 2.45) is 0 Å². The Morgan fingerprint density at radius 3 is 2.36 bits per heavy atom. The zero-order valence-electron chi connectivity index (χ0n) is 16.8. The molecule has 0 atom stereocenters. The number of aryl methyl sites for hydroxylation is 1. The molecule has 1 amide bonds. The second-order valence-electron chi connectivity index (χ2n) is 7.76. The summed E-state index contributed by atoms with van der Waals surface area (Å²) in [6.45, 7) is 6.60. The van der Waals surface area contributed by atoms with Gasteiger partial charge in [-0.1, -0.05) is 57.2 Å². The number of amides is 1. The van der Waals surface area contributed by atoms with Gasteiger partial charge in [0.2, 0.25) is 5.91 Å². The number of hydrogen-bond acceptors (Lipinski definition) is 4. The molecule has 0 spiro atoms. The summed E-state index contributed by atoms with van der Waals surface area (Å²) in [6.07, 6.45) is 1.10. The van der Waals surface area contributed by atoms with Gasteiger partial charge in [-0.05, 0) is 35.1 Å². The van der Waals surface area contributed by atoms with E-state index in [4.69, 9.17) is 4.74 Å². The Bertz CT molecular complexity index is 922. The quantitative estimate of drug-likeness (QED) is 0.584. The van der Waals surface area contributed by atoms with E-state index in [0.29, 0.717) is 18.0 Å². The van der Waals surface area contributed by atoms with E-state index in [1.54, 1.807) is 7.11 Å². The third-order valence-corrected chi connectivity index (χ3v) is 5.35. The van der Waals surface area contributed by atoms with E-state index in [0.717, 1.165) is 22.6 Å². The molecule has 28 heavy (non-hydrogen) atoms. The lowest BCUT2D eigenvalue weighted by atomic mass is 9.86. The molecule has 0 unspecified atom stereocenters. The van der Waals surface area contributed by atoms with Crippen LogP contribution in [0.5, 0.6) is 5.75 Å². The zero-order chi connectivity index (χ0) is 20.1. The Morgan fingerprint density at radius 1 is 1.07 bits per heavy atom. The Hall–Kier alpha value is -2.66. The number of carbonyl (C=O) groups is 1. The second-order valence-corrected chi connectivity index (χ2v) is 8.62. The summed E-state index contributed by atoms with van der Waals surface area (Å²) < 4.78 is 5.15. The summed E-state index contributed by atoms with van der Waals surface area (Å²) in [4.78, 5) is 16.8. The second kappa shape index (κ2) is 8.57. The van der Waals surface area contributed by atoms with Gasteiger partial charge in [0.25, 0.3) is 0 Å². The third kappa shape index (κ3) is 5.20. The highest BCUT2D eigenvalue weighted by Gasteiger charge is 2.14. The average molecular weight is 395 g/mol. The van der Waals surface area contributed by atoms with Gasteiger partial charge < -0.3 is 10.1 Å². The molecule has 1 aromatic heterocycles. The monoisotopic (exact) mass is 394 g/mol. The number of aromatic nitrogens is 1. The van der Waals surface area contributed by atoms with Crippen molar-refractivity contribution in [3.63, 3.8) is 0 Å². The van der Waals surface area contributed by atoms with Crippen molar-refractivity contribution in [3.8, 4) is 17.0 Å². The van der Waals surface area contributed by atoms with Crippen LogP contribution < -0.4 is 10.1 Å². The molecule has 0 radical (unpaired) electrons. The molecule has 0 aliphatic heterocycles. The van der Waals surface area contributed by atoms with Crippen molar-refractivity contribution in [3.05, 3.63) is 65.0 Å². The third-order valence-electron chi connectivity index (χ3n) is 4.60. The predicted octanol–water partition coefficient (Wildman–Crippen LogP) is 5.69. The van der Waals surface area contributed by atoms with E-state index < -0.39 is 0 Å². The lowest BCUT2D eigenvalue weighted by molar-refractivity contribution is -0.116. The fourth-order valence-electron chi connectivity index (χ4n) is 2.84. The van der Waals surface area contributed by atoms with Crippen LogP contribution in [0.1, 0.15) is 38.3 Å². The van der Waals surface area contributed by atoms with Crippen LogP contribution in [-0.2, 0) is 16.6 Å². The van der Waals surface area contributed by atoms with E-state index in [2.05, 4.69) is 55.3 Å². The fourth-order valence-corrected chi connectivity index (χ4v) is 3.57. The Labute approximate surface area is 170 Å². The average Bonchev–Trinajstić information content (AvgIpc) is 3.14. The number of ether oxygens (including phenoxy) is 1. The summed E-state index contributed by atoms with van der Waals surface area (Å²) in [5.74, 6) is 0.791. The van der Waals surface area contributed by atoms with E-state index >= 15 is 0 Å². The number of anilines is 1. The highest BCUT2D eigenvalue weighted by molar-refractivity contribution is 7.14. The number of thiazole rings is 1. The molecule has 1 heterocycles. The van der Waals surface area contributed by atoms with Crippen LogP contribution in [0.3, 0.4) is 0 Å². The number of hydrogen-bond donors (Lipinski definition) is 1. The van der Waals surface area contributed by atoms with Crippen LogP contribution in [0.25, 0.3) is 11.3 Å². The molecule has 3 rings (SSSR count). The normalized spacial score (nSPS) is 11.3. The lowest BCUT2D eigenvalue weighted by Crippen LogP contribution is -2.12. The summed E-state index contributed by atoms with van der Waals surface area (Å²) >= 11 is 1.45. The Kier molecular flexibility index (Phi) is 6.15. The van der Waals surface area contributed by atoms with Crippen LogP contribution in [0.15, 0.2) is 53.9 Å². The molecule has 1 N–H and O–H groups in total. The van der Waals surface area contributed by atoms with Crippen LogP contribution in [0, 0.1) is 0 Å². The number of rotatable bonds is 6. The van der Waals surface area contributed by atoms with Gasteiger partial charge in [0.1, 0.15) is 5.75 Å². The first-order valence-corrected chi connectivity index (χ1v) is 10.2. The molecule has 0 bridgehead atoms. The fraction of sp³-hybridized carbons (Fsp3) is 0.304. The molecule has 0 saturated carbocycles. The van der Waals surface area contributed by atoms with E-state index in [-0.39, 0.29) is 11.3 Å². The van der Waals surface area contributed by atoms with Gasteiger partial charge in [0.15, 0.2) is 5.13 Å². The molecular formula is C23H26N2O2S. The molecule has 3 aromatic rings. The highest BCUT2D eigenvalue weighted by atomic mass is 32.1. The van der Waals surface area contributed by atoms with Gasteiger partial charge in [-0.3, -0.25) is 4.79 Å². The molecule has 4 nitrogen and oxygen atoms in total. The lowest BCUT2D eigenvalue weighted by Gasteiger charge is -2.18. The smallest absolute Gasteiger partial charge is 0.226 e. The van der Waals surface area contributed by atoms with Gasteiger partial charge >= 0.3 is 0 Å². The van der Waals surface area contributed by atoms with Crippen molar-refractivity contribution in [1.82, 2.24) is 4.98 Å². The summed E-state index contributed by atoms with van der Waals surface area (Å²) in [7, 11) is 1.64. The highest BCUT2D eigenvalue weighted by Crippen LogP contribution is 2.28. The summed E-state index contributed by atoms with van der Waals surface area (Å²) in [6, 6.07) is 16.2. The van der Waals surface area contributed by atoms with Gasteiger partial charge in [-0.2, -0.15) is 0 Å². The first kappa shape index (κ1) is 20.1. The van der Waals surface area contributed by atoms with Crippen molar-refractivity contribution < 1.29 is 9.53 Å². The largest absolute Gasteiger partial charge is 0.497 e.